The number of hydrogen-bond acceptors (Lipinski definition) is 2. The minimum atomic E-state index is -0.0310. The van der Waals surface area contributed by atoms with Gasteiger partial charge in [0.2, 0.25) is 0 Å². The van der Waals surface area contributed by atoms with E-state index in [0.29, 0.717) is 6.04 Å². The summed E-state index contributed by atoms with van der Waals surface area (Å²) in [6, 6.07) is 9.82. The number of likely N-dealkylation sites (tertiary alicyclic amines) is 1. The molecule has 0 radical (unpaired) electrons. The standard InChI is InChI=1S/C18H27N3O/c1-13(2)19-18(22)20-16-8-5-9-21(12-16)17-10-14-6-3-4-7-15(14)11-17/h3-4,6-7,13,16-17H,5,8-12H2,1-2H3,(H2,19,20,22)/t16-/m1/s1. The summed E-state index contributed by atoms with van der Waals surface area (Å²) in [7, 11) is 0. The molecule has 0 bridgehead atoms. The summed E-state index contributed by atoms with van der Waals surface area (Å²) in [6.07, 6.45) is 4.56. The first-order chi connectivity index (χ1) is 10.6. The van der Waals surface area contributed by atoms with Gasteiger partial charge < -0.3 is 10.6 Å². The first-order valence-corrected chi connectivity index (χ1v) is 8.49. The Hall–Kier alpha value is -1.55. The molecular weight excluding hydrogens is 274 g/mol. The van der Waals surface area contributed by atoms with Gasteiger partial charge in [0.25, 0.3) is 0 Å². The lowest BCUT2D eigenvalue weighted by Crippen LogP contribution is -2.53. The number of benzene rings is 1. The second-order valence-electron chi connectivity index (χ2n) is 6.94. The van der Waals surface area contributed by atoms with Crippen molar-refractivity contribution in [3.05, 3.63) is 35.4 Å². The molecule has 0 aromatic heterocycles. The van der Waals surface area contributed by atoms with Gasteiger partial charge in [-0.1, -0.05) is 24.3 Å². The first kappa shape index (κ1) is 15.3. The number of amides is 2. The van der Waals surface area contributed by atoms with Crippen LogP contribution in [0.5, 0.6) is 0 Å². The van der Waals surface area contributed by atoms with E-state index >= 15 is 0 Å². The minimum Gasteiger partial charge on any atom is -0.336 e. The van der Waals surface area contributed by atoms with Crippen LogP contribution in [0.2, 0.25) is 0 Å². The molecule has 3 rings (SSSR count). The predicted molar refractivity (Wildman–Crippen MR) is 89.0 cm³/mol. The molecule has 1 aromatic carbocycles. The van der Waals surface area contributed by atoms with E-state index in [-0.39, 0.29) is 18.1 Å². The lowest BCUT2D eigenvalue weighted by molar-refractivity contribution is 0.141. The number of nitrogens with zero attached hydrogens (tertiary/aromatic N) is 1. The van der Waals surface area contributed by atoms with E-state index in [9.17, 15) is 4.79 Å². The van der Waals surface area contributed by atoms with Gasteiger partial charge in [-0.2, -0.15) is 0 Å². The third-order valence-corrected chi connectivity index (χ3v) is 4.75. The Kier molecular flexibility index (Phi) is 4.67. The average Bonchev–Trinajstić information content (AvgIpc) is 2.90. The Labute approximate surface area is 133 Å². The van der Waals surface area contributed by atoms with Crippen LogP contribution in [0.3, 0.4) is 0 Å². The largest absolute Gasteiger partial charge is 0.336 e. The van der Waals surface area contributed by atoms with Crippen molar-refractivity contribution in [2.24, 2.45) is 0 Å². The number of hydrogen-bond donors (Lipinski definition) is 2. The molecule has 1 aromatic rings. The molecule has 1 fully saturated rings. The highest BCUT2D eigenvalue weighted by Gasteiger charge is 2.30. The summed E-state index contributed by atoms with van der Waals surface area (Å²) in [4.78, 5) is 14.5. The maximum atomic E-state index is 11.9. The smallest absolute Gasteiger partial charge is 0.315 e. The van der Waals surface area contributed by atoms with Crippen molar-refractivity contribution in [1.29, 1.82) is 0 Å². The van der Waals surface area contributed by atoms with Crippen molar-refractivity contribution in [3.8, 4) is 0 Å². The lowest BCUT2D eigenvalue weighted by atomic mass is 10.0. The van der Waals surface area contributed by atoms with Gasteiger partial charge in [-0.15, -0.1) is 0 Å². The number of piperidine rings is 1. The van der Waals surface area contributed by atoms with Gasteiger partial charge in [-0.3, -0.25) is 4.90 Å². The van der Waals surface area contributed by atoms with E-state index < -0.39 is 0 Å². The normalized spacial score (nSPS) is 22.6. The van der Waals surface area contributed by atoms with Crippen LogP contribution in [-0.4, -0.2) is 42.1 Å². The van der Waals surface area contributed by atoms with Gasteiger partial charge in [0.05, 0.1) is 0 Å². The Morgan fingerprint density at radius 2 is 1.91 bits per heavy atom. The molecule has 22 heavy (non-hydrogen) atoms. The first-order valence-electron chi connectivity index (χ1n) is 8.49. The highest BCUT2D eigenvalue weighted by molar-refractivity contribution is 5.74. The summed E-state index contributed by atoms with van der Waals surface area (Å²) in [5.74, 6) is 0. The second-order valence-corrected chi connectivity index (χ2v) is 6.94. The van der Waals surface area contributed by atoms with Crippen LogP contribution in [0.4, 0.5) is 4.79 Å². The van der Waals surface area contributed by atoms with Crippen LogP contribution in [0, 0.1) is 0 Å². The van der Waals surface area contributed by atoms with Crippen molar-refractivity contribution in [2.45, 2.75) is 57.7 Å². The molecule has 4 heteroatoms. The quantitative estimate of drug-likeness (QED) is 0.900. The van der Waals surface area contributed by atoms with E-state index in [1.54, 1.807) is 0 Å². The maximum absolute atomic E-state index is 11.9. The molecule has 2 amide bonds. The molecule has 1 aliphatic heterocycles. The van der Waals surface area contributed by atoms with Crippen LogP contribution >= 0.6 is 0 Å². The summed E-state index contributed by atoms with van der Waals surface area (Å²) >= 11 is 0. The Balaban J connectivity index is 1.54. The second kappa shape index (κ2) is 6.69. The molecular formula is C18H27N3O. The van der Waals surface area contributed by atoms with Crippen molar-refractivity contribution >= 4 is 6.03 Å². The zero-order valence-corrected chi connectivity index (χ0v) is 13.6. The topological polar surface area (TPSA) is 44.4 Å². The third-order valence-electron chi connectivity index (χ3n) is 4.75. The van der Waals surface area contributed by atoms with E-state index in [1.807, 2.05) is 13.8 Å². The summed E-state index contributed by atoms with van der Waals surface area (Å²) in [5.41, 5.74) is 3.00. The van der Waals surface area contributed by atoms with E-state index in [0.717, 1.165) is 32.4 Å². The Morgan fingerprint density at radius 3 is 2.55 bits per heavy atom. The van der Waals surface area contributed by atoms with Crippen molar-refractivity contribution in [1.82, 2.24) is 15.5 Å². The molecule has 1 saturated heterocycles. The lowest BCUT2D eigenvalue weighted by Gasteiger charge is -2.37. The maximum Gasteiger partial charge on any atom is 0.315 e. The van der Waals surface area contributed by atoms with Gasteiger partial charge >= 0.3 is 6.03 Å². The van der Waals surface area contributed by atoms with Crippen molar-refractivity contribution < 1.29 is 4.79 Å². The monoisotopic (exact) mass is 301 g/mol. The highest BCUT2D eigenvalue weighted by atomic mass is 16.2. The minimum absolute atomic E-state index is 0.0310. The summed E-state index contributed by atoms with van der Waals surface area (Å²) in [5, 5.41) is 6.05. The van der Waals surface area contributed by atoms with Gasteiger partial charge in [-0.25, -0.2) is 4.79 Å². The van der Waals surface area contributed by atoms with Gasteiger partial charge in [-0.05, 0) is 57.2 Å². The van der Waals surface area contributed by atoms with Crippen molar-refractivity contribution in [2.75, 3.05) is 13.1 Å². The van der Waals surface area contributed by atoms with E-state index in [2.05, 4.69) is 39.8 Å². The molecule has 2 N–H and O–H groups in total. The Bertz CT molecular complexity index is 504. The molecule has 0 spiro atoms. The highest BCUT2D eigenvalue weighted by Crippen LogP contribution is 2.27. The fraction of sp³-hybridized carbons (Fsp3) is 0.611. The summed E-state index contributed by atoms with van der Waals surface area (Å²) < 4.78 is 0. The number of fused-ring (bicyclic) bond motifs is 1. The number of rotatable bonds is 3. The zero-order valence-electron chi connectivity index (χ0n) is 13.6. The van der Waals surface area contributed by atoms with Crippen molar-refractivity contribution in [3.63, 3.8) is 0 Å². The van der Waals surface area contributed by atoms with Gasteiger partial charge in [0.1, 0.15) is 0 Å². The number of urea groups is 1. The van der Waals surface area contributed by atoms with E-state index in [4.69, 9.17) is 0 Å². The number of carbonyl (C=O) groups excluding carboxylic acids is 1. The molecule has 120 valence electrons. The molecule has 4 nitrogen and oxygen atoms in total. The van der Waals surface area contributed by atoms with Gasteiger partial charge in [0.15, 0.2) is 0 Å². The molecule has 1 heterocycles. The number of nitrogens with one attached hydrogen (secondary N) is 2. The molecule has 0 unspecified atom stereocenters. The van der Waals surface area contributed by atoms with Crippen LogP contribution < -0.4 is 10.6 Å². The van der Waals surface area contributed by atoms with Crippen LogP contribution in [-0.2, 0) is 12.8 Å². The van der Waals surface area contributed by atoms with Crippen LogP contribution in [0.25, 0.3) is 0 Å². The molecule has 1 aliphatic carbocycles. The predicted octanol–water partition coefficient (Wildman–Crippen LogP) is 2.33. The SMILES string of the molecule is CC(C)NC(=O)N[C@@H]1CCCN(C2Cc3ccccc3C2)C1. The van der Waals surface area contributed by atoms with Crippen LogP contribution in [0.15, 0.2) is 24.3 Å². The fourth-order valence-corrected chi connectivity index (χ4v) is 3.74. The zero-order chi connectivity index (χ0) is 15.5. The Morgan fingerprint density at radius 1 is 1.23 bits per heavy atom. The third kappa shape index (κ3) is 3.61. The molecule has 2 aliphatic rings. The van der Waals surface area contributed by atoms with Gasteiger partial charge in [0, 0.05) is 24.7 Å². The van der Waals surface area contributed by atoms with E-state index in [1.165, 1.54) is 17.5 Å². The molecule has 1 atom stereocenters. The van der Waals surface area contributed by atoms with Crippen LogP contribution in [0.1, 0.15) is 37.8 Å². The average molecular weight is 301 g/mol. The number of carbonyl (C=O) groups is 1. The summed E-state index contributed by atoms with van der Waals surface area (Å²) in [6.45, 7) is 6.11. The fourth-order valence-electron chi connectivity index (χ4n) is 3.74. The molecule has 0 saturated carbocycles.